The molecule has 0 saturated carbocycles. The molecule has 0 aliphatic carbocycles. The summed E-state index contributed by atoms with van der Waals surface area (Å²) in [4.78, 5) is 33.7. The molecule has 0 radical (unpaired) electrons. The lowest BCUT2D eigenvalue weighted by atomic mass is 10.1. The van der Waals surface area contributed by atoms with E-state index in [9.17, 15) is 9.59 Å². The summed E-state index contributed by atoms with van der Waals surface area (Å²) in [5.41, 5.74) is 2.21. The molecule has 1 aliphatic heterocycles. The van der Waals surface area contributed by atoms with Crippen LogP contribution in [-0.4, -0.2) is 32.9 Å². The number of carbonyl (C=O) groups is 2. The van der Waals surface area contributed by atoms with Crippen molar-refractivity contribution < 1.29 is 9.59 Å². The van der Waals surface area contributed by atoms with Gasteiger partial charge in [0.1, 0.15) is 5.69 Å². The fraction of sp³-hybridized carbons (Fsp3) is 0.500. The predicted octanol–water partition coefficient (Wildman–Crippen LogP) is 2.32. The Morgan fingerprint density at radius 2 is 1.93 bits per heavy atom. The normalized spacial score (nSPS) is 13.3. The second-order valence-corrected chi connectivity index (χ2v) is 7.32. The van der Waals surface area contributed by atoms with Gasteiger partial charge in [-0.05, 0) is 49.3 Å². The summed E-state index contributed by atoms with van der Waals surface area (Å²) in [6, 6.07) is 3.72. The third kappa shape index (κ3) is 4.72. The third-order valence-corrected chi connectivity index (χ3v) is 4.75. The Bertz CT molecular complexity index is 798. The lowest BCUT2D eigenvalue weighted by Gasteiger charge is -2.17. The van der Waals surface area contributed by atoms with E-state index in [0.717, 1.165) is 43.5 Å². The molecular weight excluding hydrogens is 342 g/mol. The molecule has 0 bridgehead atoms. The molecule has 2 aromatic heterocycles. The number of rotatable bonds is 7. The van der Waals surface area contributed by atoms with Crippen LogP contribution in [0, 0.1) is 5.92 Å². The number of imidazole rings is 1. The van der Waals surface area contributed by atoms with Crippen molar-refractivity contribution in [3.63, 3.8) is 0 Å². The van der Waals surface area contributed by atoms with Crippen LogP contribution in [0.3, 0.4) is 0 Å². The molecule has 2 N–H and O–H groups in total. The van der Waals surface area contributed by atoms with E-state index in [4.69, 9.17) is 0 Å². The van der Waals surface area contributed by atoms with Gasteiger partial charge in [-0.25, -0.2) is 4.98 Å². The second kappa shape index (κ2) is 8.79. The van der Waals surface area contributed by atoms with Crippen LogP contribution in [-0.2, 0) is 19.5 Å². The number of nitrogens with one attached hydrogen (secondary N) is 2. The molecular formula is C20H27N5O2. The lowest BCUT2D eigenvalue weighted by Crippen LogP contribution is -2.29. The maximum atomic E-state index is 12.7. The van der Waals surface area contributed by atoms with Crippen molar-refractivity contribution in [1.82, 2.24) is 25.2 Å². The minimum atomic E-state index is -0.237. The molecule has 0 fully saturated rings. The molecule has 2 amide bonds. The fourth-order valence-electron chi connectivity index (χ4n) is 3.22. The zero-order valence-electron chi connectivity index (χ0n) is 16.0. The highest BCUT2D eigenvalue weighted by Crippen LogP contribution is 2.21. The maximum absolute atomic E-state index is 12.7. The molecule has 1 aliphatic rings. The summed E-state index contributed by atoms with van der Waals surface area (Å²) >= 11 is 0. The molecule has 0 saturated heterocycles. The topological polar surface area (TPSA) is 88.9 Å². The molecule has 0 unspecified atom stereocenters. The number of hydrogen-bond donors (Lipinski definition) is 2. The maximum Gasteiger partial charge on any atom is 0.287 e. The highest BCUT2D eigenvalue weighted by atomic mass is 16.2. The van der Waals surface area contributed by atoms with E-state index in [-0.39, 0.29) is 11.8 Å². The lowest BCUT2D eigenvalue weighted by molar-refractivity contribution is 0.0936. The van der Waals surface area contributed by atoms with Gasteiger partial charge in [-0.2, -0.15) is 0 Å². The molecule has 0 spiro atoms. The molecule has 2 aromatic rings. The summed E-state index contributed by atoms with van der Waals surface area (Å²) in [7, 11) is 0. The second-order valence-electron chi connectivity index (χ2n) is 7.32. The largest absolute Gasteiger partial charge is 0.349 e. The van der Waals surface area contributed by atoms with Gasteiger partial charge in [0.15, 0.2) is 5.82 Å². The van der Waals surface area contributed by atoms with Crippen molar-refractivity contribution >= 4 is 11.8 Å². The first-order chi connectivity index (χ1) is 13.1. The number of carbonyl (C=O) groups excluding carboxylic acids is 2. The minimum Gasteiger partial charge on any atom is -0.349 e. The Balaban J connectivity index is 1.74. The minimum absolute atomic E-state index is 0.202. The predicted molar refractivity (Wildman–Crippen MR) is 102 cm³/mol. The van der Waals surface area contributed by atoms with Crippen molar-refractivity contribution in [3.8, 4) is 0 Å². The Morgan fingerprint density at radius 3 is 2.67 bits per heavy atom. The average Bonchev–Trinajstić information content (AvgIpc) is 3.06. The van der Waals surface area contributed by atoms with Gasteiger partial charge in [0, 0.05) is 32.0 Å². The highest BCUT2D eigenvalue weighted by molar-refractivity contribution is 5.97. The Kier molecular flexibility index (Phi) is 6.21. The zero-order valence-corrected chi connectivity index (χ0v) is 16.0. The molecule has 7 heteroatoms. The molecule has 0 aromatic carbocycles. The van der Waals surface area contributed by atoms with Crippen LogP contribution in [0.25, 0.3) is 0 Å². The van der Waals surface area contributed by atoms with Crippen molar-refractivity contribution in [1.29, 1.82) is 0 Å². The van der Waals surface area contributed by atoms with Crippen LogP contribution in [0.15, 0.2) is 24.5 Å². The standard InChI is InChI=1S/C20H27N5O2/c1-14(2)6-11-22-20(27)18-24-17(16-5-3-4-12-25(16)18)19(26)23-13-15-7-9-21-10-8-15/h7-10,14H,3-6,11-13H2,1-2H3,(H,22,27)(H,23,26). The molecule has 0 atom stereocenters. The average molecular weight is 369 g/mol. The molecule has 27 heavy (non-hydrogen) atoms. The van der Waals surface area contributed by atoms with Crippen molar-refractivity contribution in [2.45, 2.75) is 52.6 Å². The van der Waals surface area contributed by atoms with E-state index in [0.29, 0.717) is 30.5 Å². The number of hydrogen-bond acceptors (Lipinski definition) is 4. The van der Waals surface area contributed by atoms with Crippen molar-refractivity contribution in [3.05, 3.63) is 47.3 Å². The van der Waals surface area contributed by atoms with E-state index in [1.54, 1.807) is 12.4 Å². The van der Waals surface area contributed by atoms with E-state index in [1.807, 2.05) is 16.7 Å². The number of pyridine rings is 1. The Hall–Kier alpha value is -2.70. The van der Waals surface area contributed by atoms with Crippen LogP contribution >= 0.6 is 0 Å². The number of fused-ring (bicyclic) bond motifs is 1. The van der Waals surface area contributed by atoms with Gasteiger partial charge in [0.2, 0.25) is 0 Å². The van der Waals surface area contributed by atoms with E-state index in [2.05, 4.69) is 34.4 Å². The summed E-state index contributed by atoms with van der Waals surface area (Å²) in [5, 5.41) is 5.83. The quantitative estimate of drug-likeness (QED) is 0.784. The van der Waals surface area contributed by atoms with Crippen molar-refractivity contribution in [2.75, 3.05) is 6.54 Å². The van der Waals surface area contributed by atoms with Crippen LogP contribution < -0.4 is 10.6 Å². The molecule has 3 heterocycles. The van der Waals surface area contributed by atoms with Gasteiger partial charge in [-0.1, -0.05) is 13.8 Å². The fourth-order valence-corrected chi connectivity index (χ4v) is 3.22. The summed E-state index contributed by atoms with van der Waals surface area (Å²) < 4.78 is 1.91. The number of aromatic nitrogens is 3. The van der Waals surface area contributed by atoms with Gasteiger partial charge in [0.25, 0.3) is 11.8 Å². The van der Waals surface area contributed by atoms with Crippen LogP contribution in [0.4, 0.5) is 0 Å². The summed E-state index contributed by atoms with van der Waals surface area (Å²) in [6.45, 7) is 5.99. The number of nitrogens with zero attached hydrogens (tertiary/aromatic N) is 3. The van der Waals surface area contributed by atoms with E-state index >= 15 is 0 Å². The van der Waals surface area contributed by atoms with Gasteiger partial charge < -0.3 is 15.2 Å². The zero-order chi connectivity index (χ0) is 19.2. The first kappa shape index (κ1) is 19.1. The highest BCUT2D eigenvalue weighted by Gasteiger charge is 2.27. The van der Waals surface area contributed by atoms with Gasteiger partial charge in [0.05, 0.1) is 5.69 Å². The number of amides is 2. The van der Waals surface area contributed by atoms with Gasteiger partial charge in [-0.15, -0.1) is 0 Å². The van der Waals surface area contributed by atoms with Gasteiger partial charge >= 0.3 is 0 Å². The molecule has 144 valence electrons. The van der Waals surface area contributed by atoms with E-state index in [1.165, 1.54) is 0 Å². The van der Waals surface area contributed by atoms with Crippen LogP contribution in [0.2, 0.25) is 0 Å². The monoisotopic (exact) mass is 369 g/mol. The Labute approximate surface area is 159 Å². The van der Waals surface area contributed by atoms with Gasteiger partial charge in [-0.3, -0.25) is 14.6 Å². The first-order valence-corrected chi connectivity index (χ1v) is 9.61. The Morgan fingerprint density at radius 1 is 1.15 bits per heavy atom. The molecule has 3 rings (SSSR count). The van der Waals surface area contributed by atoms with Crippen LogP contribution in [0.5, 0.6) is 0 Å². The summed E-state index contributed by atoms with van der Waals surface area (Å²) in [6.07, 6.45) is 7.07. The van der Waals surface area contributed by atoms with Crippen molar-refractivity contribution in [2.24, 2.45) is 5.92 Å². The van der Waals surface area contributed by atoms with E-state index < -0.39 is 0 Å². The SMILES string of the molecule is CC(C)CCNC(=O)c1nc(C(=O)NCc2ccncc2)c2n1CCCC2. The summed E-state index contributed by atoms with van der Waals surface area (Å²) in [5.74, 6) is 0.433. The third-order valence-electron chi connectivity index (χ3n) is 4.75. The smallest absolute Gasteiger partial charge is 0.287 e. The molecule has 7 nitrogen and oxygen atoms in total. The first-order valence-electron chi connectivity index (χ1n) is 9.61. The van der Waals surface area contributed by atoms with Crippen LogP contribution in [0.1, 0.15) is 65.5 Å².